The molecule has 0 radical (unpaired) electrons. The van der Waals surface area contributed by atoms with Crippen LogP contribution in [0.25, 0.3) is 21.4 Å². The highest BCUT2D eigenvalue weighted by molar-refractivity contribution is 7.18. The van der Waals surface area contributed by atoms with E-state index in [9.17, 15) is 14.3 Å². The summed E-state index contributed by atoms with van der Waals surface area (Å²) in [4.78, 5) is 39.0. The van der Waals surface area contributed by atoms with Gasteiger partial charge in [0.1, 0.15) is 28.3 Å². The molecule has 5 rings (SSSR count). The number of benzene rings is 1. The topological polar surface area (TPSA) is 133 Å². The minimum Gasteiger partial charge on any atom is -0.465 e. The van der Waals surface area contributed by atoms with Gasteiger partial charge in [-0.05, 0) is 24.3 Å². The Morgan fingerprint density at radius 3 is 2.86 bits per heavy atom. The van der Waals surface area contributed by atoms with Crippen molar-refractivity contribution in [2.75, 3.05) is 18.4 Å². The first kappa shape index (κ1) is 23.5. The Bertz CT molecular complexity index is 1490. The normalized spacial score (nSPS) is 12.2. The fraction of sp³-hybridized carbons (Fsp3) is 0.250. The summed E-state index contributed by atoms with van der Waals surface area (Å²) in [6.07, 6.45) is 2.37. The second-order valence-electron chi connectivity index (χ2n) is 8.29. The molecule has 0 aliphatic heterocycles. The number of hydrogen-bond donors (Lipinski definition) is 3. The third-order valence-electron chi connectivity index (χ3n) is 5.73. The van der Waals surface area contributed by atoms with Crippen molar-refractivity contribution in [2.45, 2.75) is 25.8 Å². The Kier molecular flexibility index (Phi) is 6.67. The monoisotopic (exact) mass is 506 g/mol. The van der Waals surface area contributed by atoms with Crippen molar-refractivity contribution in [3.8, 4) is 0 Å². The molecular formula is C24H23FN8O2S. The van der Waals surface area contributed by atoms with E-state index in [0.717, 1.165) is 21.9 Å². The summed E-state index contributed by atoms with van der Waals surface area (Å²) in [5.74, 6) is 0.705. The highest BCUT2D eigenvalue weighted by atomic mass is 32.1. The number of anilines is 1. The van der Waals surface area contributed by atoms with Gasteiger partial charge in [-0.1, -0.05) is 30.4 Å². The molecule has 12 heteroatoms. The number of fused-ring (bicyclic) bond motifs is 2. The van der Waals surface area contributed by atoms with E-state index in [1.165, 1.54) is 40.9 Å². The number of nitrogens with zero attached hydrogens (tertiary/aromatic N) is 6. The van der Waals surface area contributed by atoms with Crippen LogP contribution in [0.15, 0.2) is 48.9 Å². The van der Waals surface area contributed by atoms with E-state index in [1.807, 2.05) is 31.2 Å². The summed E-state index contributed by atoms with van der Waals surface area (Å²) in [6, 6.07) is 10.6. The molecule has 184 valence electrons. The Hall–Kier alpha value is -4.19. The Balaban J connectivity index is 1.26. The van der Waals surface area contributed by atoms with E-state index in [1.54, 1.807) is 0 Å². The predicted octanol–water partition coefficient (Wildman–Crippen LogP) is 4.44. The Morgan fingerprint density at radius 2 is 2.06 bits per heavy atom. The van der Waals surface area contributed by atoms with Gasteiger partial charge in [-0.2, -0.15) is 0 Å². The first-order valence-corrected chi connectivity index (χ1v) is 12.2. The zero-order chi connectivity index (χ0) is 25.1. The number of para-hydroxylation sites is 2. The van der Waals surface area contributed by atoms with Crippen molar-refractivity contribution >= 4 is 44.6 Å². The van der Waals surface area contributed by atoms with Crippen LogP contribution in [0.4, 0.5) is 15.0 Å². The molecule has 0 spiro atoms. The number of rotatable bonds is 9. The molecule has 0 fully saturated rings. The van der Waals surface area contributed by atoms with Crippen LogP contribution in [0, 0.1) is 5.82 Å². The summed E-state index contributed by atoms with van der Waals surface area (Å²) in [7, 11) is 0. The maximum absolute atomic E-state index is 13.9. The number of aromatic amines is 1. The van der Waals surface area contributed by atoms with Crippen molar-refractivity contribution in [1.82, 2.24) is 34.8 Å². The van der Waals surface area contributed by atoms with Crippen LogP contribution < -0.4 is 5.32 Å². The first-order valence-electron chi connectivity index (χ1n) is 11.3. The number of hydrogen-bond acceptors (Lipinski definition) is 8. The minimum absolute atomic E-state index is 0.113. The maximum atomic E-state index is 13.9. The molecule has 1 amide bonds. The third-order valence-corrected chi connectivity index (χ3v) is 6.76. The molecule has 1 atom stereocenters. The number of halogens is 1. The number of pyridine rings is 1. The van der Waals surface area contributed by atoms with Gasteiger partial charge in [0.25, 0.3) is 0 Å². The van der Waals surface area contributed by atoms with Gasteiger partial charge in [0.05, 0.1) is 28.3 Å². The van der Waals surface area contributed by atoms with Gasteiger partial charge in [0.2, 0.25) is 0 Å². The van der Waals surface area contributed by atoms with Crippen LogP contribution in [0.3, 0.4) is 0 Å². The van der Waals surface area contributed by atoms with Crippen LogP contribution in [-0.4, -0.2) is 59.1 Å². The Morgan fingerprint density at radius 1 is 1.19 bits per heavy atom. The average Bonchev–Trinajstić information content (AvgIpc) is 3.50. The average molecular weight is 507 g/mol. The molecule has 10 nitrogen and oxygen atoms in total. The fourth-order valence-corrected chi connectivity index (χ4v) is 4.76. The van der Waals surface area contributed by atoms with Crippen LogP contribution >= 0.6 is 11.3 Å². The standard InChI is InChI=1S/C24H23FN8O2S/c1-14(21-30-16-6-2-3-7-17(16)31-21)12-33(24(34)35)10-8-19-32-20-22(28-13-29-23(20)36-19)27-11-18-15(25)5-4-9-26-18/h2-7,9,13-14H,8,10-12H2,1H3,(H,30,31)(H,34,35)(H,27,28,29)/t14-/m0/s1. The number of carbonyl (C=O) groups is 1. The van der Waals surface area contributed by atoms with Gasteiger partial charge in [-0.25, -0.2) is 29.1 Å². The SMILES string of the molecule is C[C@@H](CN(CCc1nc2c(NCc3ncccc3F)ncnc2s1)C(=O)O)c1nc2ccccc2[nH]1. The zero-order valence-corrected chi connectivity index (χ0v) is 20.2. The van der Waals surface area contributed by atoms with E-state index in [4.69, 9.17) is 0 Å². The van der Waals surface area contributed by atoms with Crippen molar-refractivity contribution in [1.29, 1.82) is 0 Å². The molecule has 0 saturated carbocycles. The number of H-pyrrole nitrogens is 1. The molecule has 0 aliphatic carbocycles. The number of aromatic nitrogens is 6. The summed E-state index contributed by atoms with van der Waals surface area (Å²) >= 11 is 1.38. The summed E-state index contributed by atoms with van der Waals surface area (Å²) in [5, 5.41) is 13.6. The van der Waals surface area contributed by atoms with Gasteiger partial charge in [-0.15, -0.1) is 0 Å². The van der Waals surface area contributed by atoms with Crippen LogP contribution in [0.5, 0.6) is 0 Å². The molecule has 0 bridgehead atoms. The molecule has 4 aromatic heterocycles. The van der Waals surface area contributed by atoms with Gasteiger partial charge < -0.3 is 20.3 Å². The van der Waals surface area contributed by atoms with Gasteiger partial charge in [0.15, 0.2) is 5.82 Å². The molecule has 0 aliphatic rings. The number of carboxylic acid groups (broad SMARTS) is 1. The lowest BCUT2D eigenvalue weighted by atomic mass is 10.1. The van der Waals surface area contributed by atoms with E-state index in [2.05, 4.69) is 35.2 Å². The third kappa shape index (κ3) is 5.08. The van der Waals surface area contributed by atoms with Crippen molar-refractivity contribution < 1.29 is 14.3 Å². The lowest BCUT2D eigenvalue weighted by molar-refractivity contribution is 0.143. The van der Waals surface area contributed by atoms with Crippen LogP contribution in [0.1, 0.15) is 29.4 Å². The quantitative estimate of drug-likeness (QED) is 0.267. The molecule has 3 N–H and O–H groups in total. The smallest absolute Gasteiger partial charge is 0.407 e. The maximum Gasteiger partial charge on any atom is 0.407 e. The number of thiazole rings is 1. The van der Waals surface area contributed by atoms with Gasteiger partial charge in [-0.3, -0.25) is 4.98 Å². The molecule has 0 saturated heterocycles. The van der Waals surface area contributed by atoms with Gasteiger partial charge in [0, 0.05) is 31.6 Å². The summed E-state index contributed by atoms with van der Waals surface area (Å²) in [6.45, 7) is 2.67. The molecule has 36 heavy (non-hydrogen) atoms. The number of amides is 1. The Labute approximate surface area is 209 Å². The van der Waals surface area contributed by atoms with Crippen LogP contribution in [-0.2, 0) is 13.0 Å². The molecule has 5 aromatic rings. The second kappa shape index (κ2) is 10.2. The van der Waals surface area contributed by atoms with Crippen molar-refractivity contribution in [2.24, 2.45) is 0 Å². The second-order valence-corrected chi connectivity index (χ2v) is 9.35. The lowest BCUT2D eigenvalue weighted by Crippen LogP contribution is -2.34. The van der Waals surface area contributed by atoms with E-state index in [-0.39, 0.29) is 24.7 Å². The van der Waals surface area contributed by atoms with Gasteiger partial charge >= 0.3 is 6.09 Å². The number of imidazole rings is 1. The molecule has 1 aromatic carbocycles. The minimum atomic E-state index is -1.00. The van der Waals surface area contributed by atoms with E-state index >= 15 is 0 Å². The summed E-state index contributed by atoms with van der Waals surface area (Å²) in [5.41, 5.74) is 2.61. The van der Waals surface area contributed by atoms with Crippen molar-refractivity contribution in [3.63, 3.8) is 0 Å². The highest BCUT2D eigenvalue weighted by Gasteiger charge is 2.20. The van der Waals surface area contributed by atoms with Crippen LogP contribution in [0.2, 0.25) is 0 Å². The molecular weight excluding hydrogens is 483 g/mol. The first-order chi connectivity index (χ1) is 17.5. The predicted molar refractivity (Wildman–Crippen MR) is 135 cm³/mol. The fourth-order valence-electron chi connectivity index (χ4n) is 3.87. The number of nitrogens with one attached hydrogen (secondary N) is 2. The summed E-state index contributed by atoms with van der Waals surface area (Å²) < 4.78 is 13.9. The lowest BCUT2D eigenvalue weighted by Gasteiger charge is -2.21. The largest absolute Gasteiger partial charge is 0.465 e. The molecule has 4 heterocycles. The van der Waals surface area contributed by atoms with E-state index in [0.29, 0.717) is 29.1 Å². The van der Waals surface area contributed by atoms with Crippen molar-refractivity contribution in [3.05, 3.63) is 71.3 Å². The highest BCUT2D eigenvalue weighted by Crippen LogP contribution is 2.26. The zero-order valence-electron chi connectivity index (χ0n) is 19.3. The molecule has 0 unspecified atom stereocenters. The van der Waals surface area contributed by atoms with E-state index < -0.39 is 11.9 Å².